The number of aromatic nitrogens is 16. The highest BCUT2D eigenvalue weighted by Crippen LogP contribution is 2.47. The second kappa shape index (κ2) is 34.0. The number of nitrogens with one attached hydrogen (secondary N) is 2. The van der Waals surface area contributed by atoms with Gasteiger partial charge in [-0.2, -0.15) is 9.97 Å². The number of hydrogen-bond acceptors (Lipinski definition) is 33. The molecule has 10 N–H and O–H groups in total. The van der Waals surface area contributed by atoms with Gasteiger partial charge in [0.1, 0.15) is 96.6 Å². The lowest BCUT2D eigenvalue weighted by Gasteiger charge is -2.37. The normalized spacial score (nSPS) is 28.1. The Kier molecular flexibility index (Phi) is 25.4. The molecule has 6 fully saturated rings. The van der Waals surface area contributed by atoms with E-state index in [-0.39, 0.29) is 102 Å². The van der Waals surface area contributed by atoms with Crippen molar-refractivity contribution >= 4 is 56.9 Å². The van der Waals surface area contributed by atoms with Crippen LogP contribution in [0.5, 0.6) is 0 Å². The monoisotopic (exact) mass is 1420 g/mol. The van der Waals surface area contributed by atoms with Gasteiger partial charge in [0.15, 0.2) is 40.3 Å². The van der Waals surface area contributed by atoms with Crippen LogP contribution in [0.2, 0.25) is 0 Å². The number of nitrogens with zero attached hydrogens (tertiary/aromatic N) is 14. The minimum absolute atomic E-state index is 0.0171. The van der Waals surface area contributed by atoms with E-state index in [0.29, 0.717) is 117 Å². The number of nitrogens with two attached hydrogens (primary N) is 4. The van der Waals surface area contributed by atoms with E-state index in [1.807, 2.05) is 9.13 Å². The number of ether oxygens (including phenoxy) is 16. The fourth-order valence-corrected chi connectivity index (χ4v) is 13.0. The largest absolute Gasteiger partial charge is 0.383 e. The summed E-state index contributed by atoms with van der Waals surface area (Å²) >= 11 is 0. The molecule has 0 radical (unpaired) electrons. The number of aromatic amines is 2. The Balaban J connectivity index is 0.000000137. The van der Waals surface area contributed by atoms with Crippen LogP contribution in [-0.2, 0) is 75.8 Å². The molecule has 0 aliphatic carbocycles. The van der Waals surface area contributed by atoms with Crippen LogP contribution in [-0.4, -0.2) is 255 Å². The van der Waals surface area contributed by atoms with Gasteiger partial charge >= 0.3 is 11.4 Å². The van der Waals surface area contributed by atoms with Crippen LogP contribution in [0, 0.1) is 6.92 Å². The summed E-state index contributed by atoms with van der Waals surface area (Å²) < 4.78 is 96.8. The lowest BCUT2D eigenvalue weighted by atomic mass is 9.90. The van der Waals surface area contributed by atoms with Crippen LogP contribution < -0.4 is 45.4 Å². The van der Waals surface area contributed by atoms with Crippen LogP contribution in [0.3, 0.4) is 0 Å². The first-order chi connectivity index (χ1) is 48.8. The zero-order chi connectivity index (χ0) is 72.2. The third kappa shape index (κ3) is 16.4. The number of rotatable bonds is 20. The van der Waals surface area contributed by atoms with E-state index in [1.165, 1.54) is 34.3 Å². The lowest BCUT2D eigenvalue weighted by Crippen LogP contribution is -2.52. The maximum Gasteiger partial charge on any atom is 0.351 e. The van der Waals surface area contributed by atoms with Crippen molar-refractivity contribution in [3.63, 3.8) is 0 Å². The summed E-state index contributed by atoms with van der Waals surface area (Å²) in [6.45, 7) is 4.40. The number of hydrogen-bond donors (Lipinski definition) is 6. The Hall–Kier alpha value is -8.43. The number of imidazole rings is 3. The average Bonchev–Trinajstić information content (AvgIpc) is 1.59. The molecule has 40 nitrogen and oxygen atoms in total. The Bertz CT molecular complexity index is 4260. The predicted octanol–water partition coefficient (Wildman–Crippen LogP) is -0.297. The second-order valence-electron chi connectivity index (χ2n) is 24.1. The van der Waals surface area contributed by atoms with Gasteiger partial charge in [-0.1, -0.05) is 0 Å². The summed E-state index contributed by atoms with van der Waals surface area (Å²) in [5.41, 5.74) is 24.0. The smallest absolute Gasteiger partial charge is 0.351 e. The topological polar surface area (TPSA) is 492 Å². The van der Waals surface area contributed by atoms with Crippen molar-refractivity contribution in [2.24, 2.45) is 0 Å². The van der Waals surface area contributed by atoms with Gasteiger partial charge < -0.3 is 98.7 Å². The molecule has 2 bridgehead atoms. The molecule has 0 amide bonds. The van der Waals surface area contributed by atoms with Gasteiger partial charge in [0.2, 0.25) is 5.95 Å². The number of methoxy groups -OCH3 is 10. The lowest BCUT2D eigenvalue weighted by molar-refractivity contribution is -0.159. The first-order valence-electron chi connectivity index (χ1n) is 32.0. The van der Waals surface area contributed by atoms with Crippen molar-refractivity contribution < 1.29 is 75.8 Å². The summed E-state index contributed by atoms with van der Waals surface area (Å²) in [4.78, 5) is 88.1. The summed E-state index contributed by atoms with van der Waals surface area (Å²) in [6, 6.07) is 1.57. The highest BCUT2D eigenvalue weighted by Gasteiger charge is 2.60. The summed E-state index contributed by atoms with van der Waals surface area (Å²) in [7, 11) is 16.3. The minimum atomic E-state index is -0.535. The number of anilines is 4. The van der Waals surface area contributed by atoms with Gasteiger partial charge in [-0.15, -0.1) is 0 Å². The van der Waals surface area contributed by atoms with E-state index >= 15 is 0 Å². The SMILES string of the molecule is COC[C@H]1O[C@@H](n2cc(C)c(=O)[nH]c2=O)CC1OC.COC[C@H]1O[C@@H](n2ccc(N)nc2=O)CC1OC.COC[C@H]1O[C@@H](n2cnc3c(=O)[nH]c(N)nc32)CC1OC.COC[C@H]1O[C@@H](n2cnc3c(N)ncnc32)CC1OC.COC[C@]12CCO[C@@H](C1OC)[C@H](n1cnc3c(N)ncnc31)O2. The zero-order valence-electron chi connectivity index (χ0n) is 57.8. The van der Waals surface area contributed by atoms with Crippen molar-refractivity contribution in [3.05, 3.63) is 97.3 Å². The fourth-order valence-electron chi connectivity index (χ4n) is 13.0. The molecule has 552 valence electrons. The van der Waals surface area contributed by atoms with Gasteiger partial charge in [-0.25, -0.2) is 44.5 Å². The highest BCUT2D eigenvalue weighted by atomic mass is 16.6. The first-order valence-corrected chi connectivity index (χ1v) is 32.0. The Morgan fingerprint density at radius 1 is 0.525 bits per heavy atom. The molecule has 6 aliphatic heterocycles. The van der Waals surface area contributed by atoms with Gasteiger partial charge in [0.25, 0.3) is 11.1 Å². The van der Waals surface area contributed by atoms with Gasteiger partial charge in [0.05, 0.1) is 83.0 Å². The third-order valence-electron chi connectivity index (χ3n) is 17.9. The van der Waals surface area contributed by atoms with Crippen LogP contribution in [0.25, 0.3) is 33.5 Å². The van der Waals surface area contributed by atoms with Gasteiger partial charge in [-0.3, -0.25) is 42.4 Å². The fraction of sp³-hybridized carbons (Fsp3) is 0.623. The molecule has 0 aromatic carbocycles. The van der Waals surface area contributed by atoms with Gasteiger partial charge in [0, 0.05) is 121 Å². The molecule has 6 saturated heterocycles. The highest BCUT2D eigenvalue weighted by molar-refractivity contribution is 5.82. The van der Waals surface area contributed by atoms with E-state index in [0.717, 1.165) is 0 Å². The maximum atomic E-state index is 11.8. The molecule has 8 aromatic heterocycles. The molecule has 8 aromatic rings. The first kappa shape index (κ1) is 75.2. The number of H-pyrrole nitrogens is 2. The van der Waals surface area contributed by atoms with Crippen LogP contribution in [0.1, 0.15) is 68.8 Å². The quantitative estimate of drug-likeness (QED) is 0.0570. The number of nitrogen functional groups attached to an aromatic ring is 4. The van der Waals surface area contributed by atoms with Crippen LogP contribution in [0.15, 0.2) is 69.3 Å². The molecule has 6 aliphatic rings. The van der Waals surface area contributed by atoms with Crippen LogP contribution in [0.4, 0.5) is 23.4 Å². The Morgan fingerprint density at radius 2 is 0.990 bits per heavy atom. The molecule has 0 spiro atoms. The molecule has 16 atom stereocenters. The molecule has 5 unspecified atom stereocenters. The summed E-state index contributed by atoms with van der Waals surface area (Å²) in [5, 5.41) is 0. The van der Waals surface area contributed by atoms with Crippen molar-refractivity contribution in [1.82, 2.24) is 77.7 Å². The number of fused-ring (bicyclic) bond motifs is 5. The molecule has 0 saturated carbocycles. The van der Waals surface area contributed by atoms with Crippen molar-refractivity contribution in [2.45, 2.75) is 137 Å². The zero-order valence-corrected chi connectivity index (χ0v) is 57.8. The standard InChI is InChI=1S/C14H19N5O4.C12H17N5O4.C12H17N5O3.C12H18N2O5.C11H17N3O4/c1-20-5-14-3-4-22-9(10(14)21-2)13(23-14)19-7-18-8-11(15)16-6-17-12(8)19;1-19-4-7-6(20-2)3-8(21-7)17-5-14-9-10(17)15-12(13)16-11(9)18;1-18-4-8-7(19-2)3-9(20-8)17-6-16-10-11(13)14-5-15-12(10)17;1-7-5-14(12(16)13-11(7)15)10-4-8(18-3)9(19-10)6-17-2;1-16-6-8-7(17-2)5-10(18-8)14-4-3-9(12)13-11(14)15/h6-7,9-10,13H,3-5H2,1-2H3,(H2,15,16,17);5-8H,3-4H2,1-2H3,(H3,13,15,16,18);5-9H,3-4H2,1-2H3,(H2,13,14,15);5,8-10H,4,6H2,1-3H3,(H,13,15,16);3-4,7-8,10H,5-6H2,1-2H3,(H2,12,13,15)/t9-,10?,13+,14+;6?,7-,8-;7?,8-,9-;8?,9-,10-;7?,8-,10-/m01111/s1. The second-order valence-corrected chi connectivity index (χ2v) is 24.1. The van der Waals surface area contributed by atoms with Gasteiger partial charge in [-0.05, 0) is 13.0 Å². The van der Waals surface area contributed by atoms with Crippen molar-refractivity contribution in [1.29, 1.82) is 0 Å². The average molecular weight is 1420 g/mol. The molecular weight excluding hydrogens is 1330 g/mol. The third-order valence-corrected chi connectivity index (χ3v) is 17.9. The van der Waals surface area contributed by atoms with E-state index in [2.05, 4.69) is 54.8 Å². The predicted molar refractivity (Wildman–Crippen MR) is 356 cm³/mol. The van der Waals surface area contributed by atoms with Crippen LogP contribution >= 0.6 is 0 Å². The van der Waals surface area contributed by atoms with Crippen molar-refractivity contribution in [3.8, 4) is 0 Å². The van der Waals surface area contributed by atoms with E-state index in [1.54, 1.807) is 108 Å². The summed E-state index contributed by atoms with van der Waals surface area (Å²) in [5.74, 6) is 0.948. The Morgan fingerprint density at radius 3 is 1.47 bits per heavy atom. The molecule has 101 heavy (non-hydrogen) atoms. The Labute approximate surface area is 576 Å². The van der Waals surface area contributed by atoms with E-state index in [9.17, 15) is 19.2 Å². The minimum Gasteiger partial charge on any atom is -0.383 e. The molecule has 14 rings (SSSR count). The summed E-state index contributed by atoms with van der Waals surface area (Å²) in [6.07, 6.45) is 10.6. The molecule has 40 heteroatoms. The molecule has 14 heterocycles. The maximum absolute atomic E-state index is 11.8. The number of aryl methyl sites for hydroxylation is 1. The van der Waals surface area contributed by atoms with E-state index in [4.69, 9.17) is 98.7 Å². The molecular formula is C61H88N20O20. The van der Waals surface area contributed by atoms with E-state index < -0.39 is 35.7 Å². The van der Waals surface area contributed by atoms with Crippen molar-refractivity contribution in [2.75, 3.05) is 134 Å².